The average molecular weight is 349 g/mol. The zero-order chi connectivity index (χ0) is 17.9. The van der Waals surface area contributed by atoms with Crippen molar-refractivity contribution in [1.82, 2.24) is 24.5 Å². The highest BCUT2D eigenvalue weighted by Crippen LogP contribution is 2.23. The maximum atomic E-state index is 10.6. The number of fused-ring (bicyclic) bond motifs is 1. The topological polar surface area (TPSA) is 59.1 Å². The summed E-state index contributed by atoms with van der Waals surface area (Å²) in [4.78, 5) is 2.39. The first-order valence-electron chi connectivity index (χ1n) is 8.87. The van der Waals surface area contributed by atoms with Gasteiger partial charge in [-0.15, -0.1) is 0 Å². The second-order valence-corrected chi connectivity index (χ2v) is 6.61. The van der Waals surface area contributed by atoms with E-state index in [4.69, 9.17) is 0 Å². The third-order valence-corrected chi connectivity index (χ3v) is 4.79. The fourth-order valence-corrected chi connectivity index (χ4v) is 3.34. The fourth-order valence-electron chi connectivity index (χ4n) is 3.34. The minimum absolute atomic E-state index is 0.685. The van der Waals surface area contributed by atoms with Crippen LogP contribution in [0.3, 0.4) is 0 Å². The van der Waals surface area contributed by atoms with Gasteiger partial charge in [-0.1, -0.05) is 42.5 Å². The van der Waals surface area contributed by atoms with E-state index >= 15 is 0 Å². The van der Waals surface area contributed by atoms with Crippen molar-refractivity contribution >= 4 is 6.08 Å². The SMILES string of the molecule is Cn1nccc1C(O)c1cc2n(n1)CCN(CC=Cc1ccccc1)C2. The van der Waals surface area contributed by atoms with Crippen LogP contribution in [-0.4, -0.2) is 42.7 Å². The van der Waals surface area contributed by atoms with E-state index in [2.05, 4.69) is 39.4 Å². The molecule has 0 saturated carbocycles. The molecule has 1 aliphatic rings. The van der Waals surface area contributed by atoms with Crippen LogP contribution in [-0.2, 0) is 20.1 Å². The molecule has 1 N–H and O–H groups in total. The molecule has 0 saturated heterocycles. The standard InChI is InChI=1S/C20H23N5O/c1-23-19(9-10-21-23)20(26)18-14-17-15-24(12-13-25(17)22-18)11-5-8-16-6-3-2-4-7-16/h2-10,14,20,26H,11-13,15H2,1H3. The van der Waals surface area contributed by atoms with Crippen LogP contribution >= 0.6 is 0 Å². The molecular formula is C20H23N5O. The van der Waals surface area contributed by atoms with Gasteiger partial charge in [0.15, 0.2) is 0 Å². The molecule has 3 aromatic rings. The van der Waals surface area contributed by atoms with Gasteiger partial charge < -0.3 is 5.11 Å². The van der Waals surface area contributed by atoms with Crippen molar-refractivity contribution in [3.8, 4) is 0 Å². The van der Waals surface area contributed by atoms with Crippen LogP contribution in [0.1, 0.15) is 28.7 Å². The molecule has 2 aromatic heterocycles. The van der Waals surface area contributed by atoms with Crippen LogP contribution in [0.2, 0.25) is 0 Å². The van der Waals surface area contributed by atoms with Gasteiger partial charge in [-0.05, 0) is 17.7 Å². The number of aromatic nitrogens is 4. The number of aliphatic hydroxyl groups excluding tert-OH is 1. The summed E-state index contributed by atoms with van der Waals surface area (Å²) in [5, 5.41) is 19.3. The largest absolute Gasteiger partial charge is 0.380 e. The molecule has 0 amide bonds. The maximum Gasteiger partial charge on any atom is 0.139 e. The molecule has 0 spiro atoms. The van der Waals surface area contributed by atoms with Gasteiger partial charge in [0.05, 0.1) is 23.6 Å². The van der Waals surface area contributed by atoms with Crippen LogP contribution in [0.15, 0.2) is 54.7 Å². The highest BCUT2D eigenvalue weighted by molar-refractivity contribution is 5.48. The van der Waals surface area contributed by atoms with Crippen LogP contribution in [0, 0.1) is 0 Å². The van der Waals surface area contributed by atoms with Crippen molar-refractivity contribution in [1.29, 1.82) is 0 Å². The number of rotatable bonds is 5. The van der Waals surface area contributed by atoms with Gasteiger partial charge in [-0.25, -0.2) is 0 Å². The molecule has 0 fully saturated rings. The normalized spacial score (nSPS) is 16.1. The number of hydrogen-bond acceptors (Lipinski definition) is 4. The Morgan fingerprint density at radius 3 is 2.81 bits per heavy atom. The molecule has 4 rings (SSSR count). The monoisotopic (exact) mass is 349 g/mol. The van der Waals surface area contributed by atoms with E-state index in [0.717, 1.165) is 37.6 Å². The Balaban J connectivity index is 1.42. The predicted octanol–water partition coefficient (Wildman–Crippen LogP) is 2.23. The molecule has 0 bridgehead atoms. The highest BCUT2D eigenvalue weighted by Gasteiger charge is 2.22. The van der Waals surface area contributed by atoms with Crippen molar-refractivity contribution < 1.29 is 5.11 Å². The summed E-state index contributed by atoms with van der Waals surface area (Å²) in [7, 11) is 1.83. The molecule has 26 heavy (non-hydrogen) atoms. The first-order valence-corrected chi connectivity index (χ1v) is 8.87. The van der Waals surface area contributed by atoms with E-state index < -0.39 is 6.10 Å². The van der Waals surface area contributed by atoms with Crippen LogP contribution < -0.4 is 0 Å². The van der Waals surface area contributed by atoms with E-state index in [1.54, 1.807) is 10.9 Å². The van der Waals surface area contributed by atoms with Crippen LogP contribution in [0.5, 0.6) is 0 Å². The van der Waals surface area contributed by atoms with Gasteiger partial charge in [0, 0.05) is 32.9 Å². The van der Waals surface area contributed by atoms with Gasteiger partial charge in [-0.2, -0.15) is 10.2 Å². The third kappa shape index (κ3) is 3.47. The lowest BCUT2D eigenvalue weighted by molar-refractivity contribution is 0.201. The van der Waals surface area contributed by atoms with Crippen molar-refractivity contribution in [2.75, 3.05) is 13.1 Å². The Hall–Kier alpha value is -2.70. The minimum Gasteiger partial charge on any atom is -0.380 e. The number of benzene rings is 1. The van der Waals surface area contributed by atoms with Crippen molar-refractivity contribution in [3.63, 3.8) is 0 Å². The highest BCUT2D eigenvalue weighted by atomic mass is 16.3. The van der Waals surface area contributed by atoms with Gasteiger partial charge in [0.25, 0.3) is 0 Å². The second-order valence-electron chi connectivity index (χ2n) is 6.61. The molecule has 1 atom stereocenters. The molecule has 1 aromatic carbocycles. The number of hydrogen-bond donors (Lipinski definition) is 1. The lowest BCUT2D eigenvalue weighted by atomic mass is 10.1. The molecule has 1 unspecified atom stereocenters. The molecule has 1 aliphatic heterocycles. The number of aryl methyl sites for hydroxylation is 1. The average Bonchev–Trinajstić information content (AvgIpc) is 3.28. The van der Waals surface area contributed by atoms with E-state index in [-0.39, 0.29) is 0 Å². The van der Waals surface area contributed by atoms with E-state index in [1.807, 2.05) is 42.1 Å². The minimum atomic E-state index is -0.743. The molecule has 134 valence electrons. The van der Waals surface area contributed by atoms with E-state index in [1.165, 1.54) is 5.56 Å². The molecule has 6 heteroatoms. The summed E-state index contributed by atoms with van der Waals surface area (Å²) in [5.74, 6) is 0. The van der Waals surface area contributed by atoms with Gasteiger partial charge >= 0.3 is 0 Å². The predicted molar refractivity (Wildman–Crippen MR) is 100 cm³/mol. The quantitative estimate of drug-likeness (QED) is 0.767. The Kier molecular flexibility index (Phi) is 4.69. The lowest BCUT2D eigenvalue weighted by Crippen LogP contribution is -2.33. The molecule has 6 nitrogen and oxygen atoms in total. The summed E-state index contributed by atoms with van der Waals surface area (Å²) < 4.78 is 3.69. The Morgan fingerprint density at radius 2 is 2.04 bits per heavy atom. The summed E-state index contributed by atoms with van der Waals surface area (Å²) in [6.45, 7) is 3.53. The molecule has 0 radical (unpaired) electrons. The Bertz CT molecular complexity index is 896. The van der Waals surface area contributed by atoms with Crippen LogP contribution in [0.4, 0.5) is 0 Å². The smallest absolute Gasteiger partial charge is 0.139 e. The van der Waals surface area contributed by atoms with E-state index in [0.29, 0.717) is 5.69 Å². The Morgan fingerprint density at radius 1 is 1.19 bits per heavy atom. The van der Waals surface area contributed by atoms with Gasteiger partial charge in [0.2, 0.25) is 0 Å². The zero-order valence-electron chi connectivity index (χ0n) is 14.9. The maximum absolute atomic E-state index is 10.6. The summed E-state index contributed by atoms with van der Waals surface area (Å²) in [6.07, 6.45) is 5.30. The molecule has 3 heterocycles. The number of nitrogens with zero attached hydrogens (tertiary/aromatic N) is 5. The summed E-state index contributed by atoms with van der Waals surface area (Å²) in [6, 6.07) is 14.2. The number of aliphatic hydroxyl groups is 1. The van der Waals surface area contributed by atoms with Crippen LogP contribution in [0.25, 0.3) is 6.08 Å². The van der Waals surface area contributed by atoms with Crippen molar-refractivity contribution in [2.24, 2.45) is 7.05 Å². The summed E-state index contributed by atoms with van der Waals surface area (Å²) >= 11 is 0. The van der Waals surface area contributed by atoms with Crippen molar-refractivity contribution in [2.45, 2.75) is 19.2 Å². The van der Waals surface area contributed by atoms with E-state index in [9.17, 15) is 5.11 Å². The Labute approximate surface area is 153 Å². The van der Waals surface area contributed by atoms with Gasteiger partial charge in [-0.3, -0.25) is 14.3 Å². The second kappa shape index (κ2) is 7.27. The lowest BCUT2D eigenvalue weighted by Gasteiger charge is -2.26. The molecular weight excluding hydrogens is 326 g/mol. The fraction of sp³-hybridized carbons (Fsp3) is 0.300. The first-order chi connectivity index (χ1) is 12.7. The first kappa shape index (κ1) is 16.8. The third-order valence-electron chi connectivity index (χ3n) is 4.79. The zero-order valence-corrected chi connectivity index (χ0v) is 14.9. The van der Waals surface area contributed by atoms with Crippen molar-refractivity contribution in [3.05, 3.63) is 77.4 Å². The van der Waals surface area contributed by atoms with Gasteiger partial charge in [0.1, 0.15) is 6.10 Å². The molecule has 0 aliphatic carbocycles. The summed E-state index contributed by atoms with van der Waals surface area (Å²) in [5.41, 5.74) is 3.80.